The Kier molecular flexibility index (Phi) is 6.26. The molecule has 30 heavy (non-hydrogen) atoms. The maximum absolute atomic E-state index is 12.7. The van der Waals surface area contributed by atoms with Crippen LogP contribution >= 0.6 is 22.9 Å². The summed E-state index contributed by atoms with van der Waals surface area (Å²) in [5, 5.41) is 10.7. The van der Waals surface area contributed by atoms with Gasteiger partial charge in [0.05, 0.1) is 5.69 Å². The summed E-state index contributed by atoms with van der Waals surface area (Å²) in [4.78, 5) is 18.9. The molecule has 1 amide bonds. The van der Waals surface area contributed by atoms with Crippen LogP contribution in [-0.2, 0) is 6.42 Å². The van der Waals surface area contributed by atoms with Gasteiger partial charge < -0.3 is 4.90 Å². The summed E-state index contributed by atoms with van der Waals surface area (Å²) in [6.07, 6.45) is 1.66. The SMILES string of the molecule is CN(CCCc1cc(-c2ccccc2)n[nH]1)C(=O)c1csc(-c2cccc(Cl)c2)n1. The molecular formula is C23H21ClN4OS. The molecule has 4 rings (SSSR count). The molecule has 0 unspecified atom stereocenters. The molecule has 0 aliphatic heterocycles. The largest absolute Gasteiger partial charge is 0.340 e. The third kappa shape index (κ3) is 4.78. The van der Waals surface area contributed by atoms with E-state index in [0.29, 0.717) is 17.3 Å². The van der Waals surface area contributed by atoms with Crippen LogP contribution in [0.3, 0.4) is 0 Å². The standard InChI is InChI=1S/C23H21ClN4OS/c1-28(12-6-11-19-14-20(27-26-19)16-7-3-2-4-8-16)23(29)21-15-30-22(25-21)17-9-5-10-18(24)13-17/h2-5,7-10,13-15H,6,11-12H2,1H3,(H,26,27). The molecule has 2 heterocycles. The summed E-state index contributed by atoms with van der Waals surface area (Å²) in [6, 6.07) is 19.6. The van der Waals surface area contributed by atoms with Gasteiger partial charge in [-0.05, 0) is 31.0 Å². The molecule has 0 fully saturated rings. The van der Waals surface area contributed by atoms with E-state index in [9.17, 15) is 4.79 Å². The first-order chi connectivity index (χ1) is 14.6. The number of H-pyrrole nitrogens is 1. The van der Waals surface area contributed by atoms with Crippen molar-refractivity contribution in [2.24, 2.45) is 0 Å². The average Bonchev–Trinajstić information content (AvgIpc) is 3.44. The molecule has 7 heteroatoms. The number of nitrogens with zero attached hydrogens (tertiary/aromatic N) is 3. The van der Waals surface area contributed by atoms with Gasteiger partial charge in [0.2, 0.25) is 0 Å². The number of hydrogen-bond acceptors (Lipinski definition) is 4. The van der Waals surface area contributed by atoms with Crippen LogP contribution in [0.15, 0.2) is 66.0 Å². The fraction of sp³-hybridized carbons (Fsp3) is 0.174. The highest BCUT2D eigenvalue weighted by molar-refractivity contribution is 7.13. The normalized spacial score (nSPS) is 10.9. The van der Waals surface area contributed by atoms with Crippen LogP contribution in [0.5, 0.6) is 0 Å². The summed E-state index contributed by atoms with van der Waals surface area (Å²) in [7, 11) is 1.81. The number of hydrogen-bond donors (Lipinski definition) is 1. The predicted octanol–water partition coefficient (Wildman–Crippen LogP) is 5.56. The smallest absolute Gasteiger partial charge is 0.273 e. The van der Waals surface area contributed by atoms with Crippen molar-refractivity contribution in [3.63, 3.8) is 0 Å². The number of carbonyl (C=O) groups is 1. The summed E-state index contributed by atoms with van der Waals surface area (Å²) in [6.45, 7) is 0.641. The van der Waals surface area contributed by atoms with Crippen LogP contribution in [0.2, 0.25) is 5.02 Å². The fourth-order valence-electron chi connectivity index (χ4n) is 3.18. The lowest BCUT2D eigenvalue weighted by atomic mass is 10.1. The Bertz CT molecular complexity index is 1140. The molecule has 5 nitrogen and oxygen atoms in total. The zero-order chi connectivity index (χ0) is 20.9. The van der Waals surface area contributed by atoms with Crippen LogP contribution < -0.4 is 0 Å². The summed E-state index contributed by atoms with van der Waals surface area (Å²) < 4.78 is 0. The van der Waals surface area contributed by atoms with E-state index in [0.717, 1.165) is 40.4 Å². The highest BCUT2D eigenvalue weighted by atomic mass is 35.5. The van der Waals surface area contributed by atoms with Crippen molar-refractivity contribution in [3.05, 3.63) is 82.5 Å². The van der Waals surface area contributed by atoms with Crippen molar-refractivity contribution in [3.8, 4) is 21.8 Å². The molecule has 152 valence electrons. The molecule has 1 N–H and O–H groups in total. The maximum Gasteiger partial charge on any atom is 0.273 e. The van der Waals surface area contributed by atoms with Crippen molar-refractivity contribution < 1.29 is 4.79 Å². The van der Waals surface area contributed by atoms with Crippen molar-refractivity contribution in [1.82, 2.24) is 20.1 Å². The van der Waals surface area contributed by atoms with E-state index >= 15 is 0 Å². The first-order valence-electron chi connectivity index (χ1n) is 9.67. The second-order valence-corrected chi connectivity index (χ2v) is 8.32. The maximum atomic E-state index is 12.7. The van der Waals surface area contributed by atoms with E-state index in [1.165, 1.54) is 11.3 Å². The number of amides is 1. The monoisotopic (exact) mass is 436 g/mol. The van der Waals surface area contributed by atoms with Gasteiger partial charge in [0.1, 0.15) is 10.7 Å². The number of carbonyl (C=O) groups excluding carboxylic acids is 1. The molecule has 0 radical (unpaired) electrons. The number of rotatable bonds is 7. The highest BCUT2D eigenvalue weighted by Crippen LogP contribution is 2.26. The van der Waals surface area contributed by atoms with E-state index in [-0.39, 0.29) is 5.91 Å². The van der Waals surface area contributed by atoms with E-state index in [2.05, 4.69) is 21.2 Å². The van der Waals surface area contributed by atoms with Gasteiger partial charge in [0.25, 0.3) is 5.91 Å². The highest BCUT2D eigenvalue weighted by Gasteiger charge is 2.16. The minimum absolute atomic E-state index is 0.0749. The Morgan fingerprint density at radius 2 is 1.90 bits per heavy atom. The topological polar surface area (TPSA) is 61.9 Å². The van der Waals surface area contributed by atoms with Gasteiger partial charge in [-0.3, -0.25) is 9.89 Å². The summed E-state index contributed by atoms with van der Waals surface area (Å²) in [5.41, 5.74) is 4.47. The van der Waals surface area contributed by atoms with Gasteiger partial charge in [-0.2, -0.15) is 5.10 Å². The minimum Gasteiger partial charge on any atom is -0.340 e. The van der Waals surface area contributed by atoms with Gasteiger partial charge in [0, 0.05) is 40.8 Å². The quantitative estimate of drug-likeness (QED) is 0.412. The predicted molar refractivity (Wildman–Crippen MR) is 122 cm³/mol. The van der Waals surface area contributed by atoms with Crippen LogP contribution in [0, 0.1) is 0 Å². The number of aryl methyl sites for hydroxylation is 1. The second-order valence-electron chi connectivity index (χ2n) is 7.02. The van der Waals surface area contributed by atoms with Crippen LogP contribution in [0.4, 0.5) is 0 Å². The third-order valence-corrected chi connectivity index (χ3v) is 5.91. The molecule has 0 aliphatic carbocycles. The van der Waals surface area contributed by atoms with E-state index in [4.69, 9.17) is 11.6 Å². The lowest BCUT2D eigenvalue weighted by Gasteiger charge is -2.15. The second kappa shape index (κ2) is 9.24. The Hall–Kier alpha value is -2.96. The zero-order valence-electron chi connectivity index (χ0n) is 16.5. The molecular weight excluding hydrogens is 416 g/mol. The average molecular weight is 437 g/mol. The van der Waals surface area contributed by atoms with Crippen molar-refractivity contribution in [2.75, 3.05) is 13.6 Å². The molecule has 2 aromatic heterocycles. The first kappa shape index (κ1) is 20.3. The molecule has 0 saturated carbocycles. The fourth-order valence-corrected chi connectivity index (χ4v) is 4.16. The molecule has 4 aromatic rings. The Morgan fingerprint density at radius 3 is 2.70 bits per heavy atom. The molecule has 0 saturated heterocycles. The summed E-state index contributed by atoms with van der Waals surface area (Å²) >= 11 is 7.50. The number of thiazole rings is 1. The van der Waals surface area contributed by atoms with Crippen LogP contribution in [0.25, 0.3) is 21.8 Å². The van der Waals surface area contributed by atoms with Gasteiger partial charge >= 0.3 is 0 Å². The van der Waals surface area contributed by atoms with E-state index in [1.54, 1.807) is 10.3 Å². The number of benzene rings is 2. The first-order valence-corrected chi connectivity index (χ1v) is 10.9. The molecule has 0 atom stereocenters. The zero-order valence-corrected chi connectivity index (χ0v) is 18.1. The van der Waals surface area contributed by atoms with Crippen LogP contribution in [0.1, 0.15) is 22.6 Å². The Morgan fingerprint density at radius 1 is 1.10 bits per heavy atom. The van der Waals surface area contributed by atoms with Gasteiger partial charge in [-0.1, -0.05) is 54.1 Å². The number of nitrogens with one attached hydrogen (secondary N) is 1. The van der Waals surface area contributed by atoms with Gasteiger partial charge in [0.15, 0.2) is 0 Å². The lowest BCUT2D eigenvalue weighted by Crippen LogP contribution is -2.28. The molecule has 0 aliphatic rings. The molecule has 0 bridgehead atoms. The third-order valence-electron chi connectivity index (χ3n) is 4.78. The van der Waals surface area contributed by atoms with E-state index in [1.807, 2.05) is 61.6 Å². The van der Waals surface area contributed by atoms with Crippen molar-refractivity contribution in [1.29, 1.82) is 0 Å². The Labute approximate surface area is 184 Å². The lowest BCUT2D eigenvalue weighted by molar-refractivity contribution is 0.0788. The number of aromatic nitrogens is 3. The Balaban J connectivity index is 1.32. The molecule has 2 aromatic carbocycles. The summed E-state index contributed by atoms with van der Waals surface area (Å²) in [5.74, 6) is -0.0749. The van der Waals surface area contributed by atoms with Gasteiger partial charge in [-0.25, -0.2) is 4.98 Å². The number of halogens is 1. The minimum atomic E-state index is -0.0749. The van der Waals surface area contributed by atoms with Crippen LogP contribution in [-0.4, -0.2) is 39.6 Å². The van der Waals surface area contributed by atoms with Crippen molar-refractivity contribution >= 4 is 28.8 Å². The number of aromatic amines is 1. The van der Waals surface area contributed by atoms with Crippen molar-refractivity contribution in [2.45, 2.75) is 12.8 Å². The van der Waals surface area contributed by atoms with Gasteiger partial charge in [-0.15, -0.1) is 11.3 Å². The van der Waals surface area contributed by atoms with E-state index < -0.39 is 0 Å². The molecule has 0 spiro atoms.